The van der Waals surface area contributed by atoms with Crippen LogP contribution in [-0.2, 0) is 13.5 Å². The van der Waals surface area contributed by atoms with Gasteiger partial charge in [-0.05, 0) is 43.6 Å². The number of rotatable bonds is 6. The topological polar surface area (TPSA) is 45.5 Å². The molecule has 1 aliphatic carbocycles. The molecule has 130 valence electrons. The lowest BCUT2D eigenvalue weighted by Crippen LogP contribution is -2.42. The lowest BCUT2D eigenvalue weighted by Gasteiger charge is -2.31. The van der Waals surface area contributed by atoms with Crippen LogP contribution < -0.4 is 5.32 Å². The van der Waals surface area contributed by atoms with E-state index < -0.39 is 0 Å². The first-order valence-corrected chi connectivity index (χ1v) is 9.05. The van der Waals surface area contributed by atoms with Crippen molar-refractivity contribution < 1.29 is 0 Å². The zero-order chi connectivity index (χ0) is 16.7. The van der Waals surface area contributed by atoms with Gasteiger partial charge in [-0.25, -0.2) is 0 Å². The summed E-state index contributed by atoms with van der Waals surface area (Å²) in [6, 6.07) is 0. The molecule has 1 N–H and O–H groups in total. The molecule has 1 heterocycles. The molecule has 0 aromatic carbocycles. The zero-order valence-corrected chi connectivity index (χ0v) is 15.3. The second-order valence-corrected chi connectivity index (χ2v) is 7.01. The van der Waals surface area contributed by atoms with Gasteiger partial charge >= 0.3 is 0 Å². The van der Waals surface area contributed by atoms with Gasteiger partial charge in [0.25, 0.3) is 0 Å². The molecule has 1 fully saturated rings. The Morgan fingerprint density at radius 1 is 1.39 bits per heavy atom. The molecule has 0 amide bonds. The molecule has 0 saturated heterocycles. The summed E-state index contributed by atoms with van der Waals surface area (Å²) in [6.45, 7) is 7.35. The number of hydrogen-bond donors (Lipinski definition) is 1. The van der Waals surface area contributed by atoms with Gasteiger partial charge in [-0.3, -0.25) is 9.67 Å². The van der Waals surface area contributed by atoms with Crippen LogP contribution in [-0.4, -0.2) is 47.3 Å². The van der Waals surface area contributed by atoms with E-state index >= 15 is 0 Å². The lowest BCUT2D eigenvalue weighted by molar-refractivity contribution is 0.250. The van der Waals surface area contributed by atoms with Gasteiger partial charge in [0, 0.05) is 39.9 Å². The minimum absolute atomic E-state index is 0.806. The van der Waals surface area contributed by atoms with E-state index in [1.54, 1.807) is 0 Å². The Bertz CT molecular complexity index is 485. The van der Waals surface area contributed by atoms with E-state index in [4.69, 9.17) is 4.99 Å². The largest absolute Gasteiger partial charge is 0.357 e. The number of nitrogens with one attached hydrogen (secondary N) is 1. The maximum absolute atomic E-state index is 4.79. The summed E-state index contributed by atoms with van der Waals surface area (Å²) in [4.78, 5) is 7.11. The SMILES string of the molecule is CCNC(=NCCc1cnn(C)c1)N(C)CC1CCC(C)CC1. The first-order valence-electron chi connectivity index (χ1n) is 9.05. The number of aromatic nitrogens is 2. The summed E-state index contributed by atoms with van der Waals surface area (Å²) in [6.07, 6.45) is 10.4. The monoisotopic (exact) mass is 319 g/mol. The van der Waals surface area contributed by atoms with Crippen molar-refractivity contribution in [3.8, 4) is 0 Å². The van der Waals surface area contributed by atoms with Gasteiger partial charge in [-0.2, -0.15) is 5.10 Å². The predicted octanol–water partition coefficient (Wildman–Crippen LogP) is 2.69. The molecule has 5 heteroatoms. The van der Waals surface area contributed by atoms with Gasteiger partial charge in [0.05, 0.1) is 6.20 Å². The lowest BCUT2D eigenvalue weighted by atomic mass is 9.83. The van der Waals surface area contributed by atoms with Crippen LogP contribution >= 0.6 is 0 Å². The van der Waals surface area contributed by atoms with Crippen molar-refractivity contribution in [2.75, 3.05) is 26.7 Å². The predicted molar refractivity (Wildman–Crippen MR) is 96.6 cm³/mol. The molecular weight excluding hydrogens is 286 g/mol. The first-order chi connectivity index (χ1) is 11.1. The maximum Gasteiger partial charge on any atom is 0.193 e. The van der Waals surface area contributed by atoms with Crippen molar-refractivity contribution in [2.24, 2.45) is 23.9 Å². The van der Waals surface area contributed by atoms with Crippen molar-refractivity contribution in [3.63, 3.8) is 0 Å². The van der Waals surface area contributed by atoms with Crippen molar-refractivity contribution in [3.05, 3.63) is 18.0 Å². The minimum Gasteiger partial charge on any atom is -0.357 e. The Hall–Kier alpha value is -1.52. The van der Waals surface area contributed by atoms with Gasteiger partial charge in [0.15, 0.2) is 5.96 Å². The van der Waals surface area contributed by atoms with Crippen LogP contribution in [0.15, 0.2) is 17.4 Å². The van der Waals surface area contributed by atoms with Gasteiger partial charge in [0.1, 0.15) is 0 Å². The van der Waals surface area contributed by atoms with E-state index in [-0.39, 0.29) is 0 Å². The van der Waals surface area contributed by atoms with E-state index in [2.05, 4.69) is 42.4 Å². The van der Waals surface area contributed by atoms with Gasteiger partial charge in [-0.1, -0.05) is 19.8 Å². The van der Waals surface area contributed by atoms with E-state index in [1.807, 2.05) is 17.9 Å². The highest BCUT2D eigenvalue weighted by atomic mass is 15.3. The summed E-state index contributed by atoms with van der Waals surface area (Å²) in [5.41, 5.74) is 1.25. The maximum atomic E-state index is 4.79. The number of aryl methyl sites for hydroxylation is 1. The molecule has 0 atom stereocenters. The van der Waals surface area contributed by atoms with Crippen LogP contribution in [0.4, 0.5) is 0 Å². The average Bonchev–Trinajstić information content (AvgIpc) is 2.94. The van der Waals surface area contributed by atoms with Crippen LogP contribution in [0.5, 0.6) is 0 Å². The van der Waals surface area contributed by atoms with E-state index in [0.717, 1.165) is 43.9 Å². The summed E-state index contributed by atoms with van der Waals surface area (Å²) < 4.78 is 1.85. The molecule has 23 heavy (non-hydrogen) atoms. The second kappa shape index (κ2) is 8.94. The summed E-state index contributed by atoms with van der Waals surface area (Å²) >= 11 is 0. The van der Waals surface area contributed by atoms with Gasteiger partial charge in [-0.15, -0.1) is 0 Å². The Kier molecular flexibility index (Phi) is 6.93. The van der Waals surface area contributed by atoms with Crippen molar-refractivity contribution >= 4 is 5.96 Å². The third-order valence-electron chi connectivity index (χ3n) is 4.78. The summed E-state index contributed by atoms with van der Waals surface area (Å²) in [5.74, 6) is 2.77. The summed E-state index contributed by atoms with van der Waals surface area (Å²) in [7, 11) is 4.12. The van der Waals surface area contributed by atoms with Crippen LogP contribution in [0.2, 0.25) is 0 Å². The molecule has 0 aliphatic heterocycles. The fourth-order valence-corrected chi connectivity index (χ4v) is 3.35. The molecule has 0 bridgehead atoms. The molecule has 5 nitrogen and oxygen atoms in total. The molecule has 1 aromatic heterocycles. The number of guanidine groups is 1. The van der Waals surface area contributed by atoms with Crippen molar-refractivity contribution in [2.45, 2.75) is 46.0 Å². The second-order valence-electron chi connectivity index (χ2n) is 7.01. The molecule has 0 spiro atoms. The Morgan fingerprint density at radius 3 is 2.74 bits per heavy atom. The Morgan fingerprint density at radius 2 is 2.13 bits per heavy atom. The zero-order valence-electron chi connectivity index (χ0n) is 15.3. The van der Waals surface area contributed by atoms with Crippen molar-refractivity contribution in [1.29, 1.82) is 0 Å². The van der Waals surface area contributed by atoms with E-state index in [9.17, 15) is 0 Å². The molecule has 2 rings (SSSR count). The third-order valence-corrected chi connectivity index (χ3v) is 4.78. The van der Waals surface area contributed by atoms with E-state index in [1.165, 1.54) is 31.2 Å². The van der Waals surface area contributed by atoms with Crippen LogP contribution in [0.1, 0.15) is 45.1 Å². The highest BCUT2D eigenvalue weighted by Crippen LogP contribution is 2.28. The number of hydrogen-bond acceptors (Lipinski definition) is 2. The fourth-order valence-electron chi connectivity index (χ4n) is 3.35. The Balaban J connectivity index is 1.84. The van der Waals surface area contributed by atoms with Gasteiger partial charge in [0.2, 0.25) is 0 Å². The summed E-state index contributed by atoms with van der Waals surface area (Å²) in [5, 5.41) is 7.64. The number of aliphatic imine (C=N–C) groups is 1. The fraction of sp³-hybridized carbons (Fsp3) is 0.778. The van der Waals surface area contributed by atoms with Crippen LogP contribution in [0.3, 0.4) is 0 Å². The first kappa shape index (κ1) is 17.8. The van der Waals surface area contributed by atoms with Gasteiger partial charge < -0.3 is 10.2 Å². The molecule has 1 aromatic rings. The highest BCUT2D eigenvalue weighted by molar-refractivity contribution is 5.79. The van der Waals surface area contributed by atoms with Crippen LogP contribution in [0, 0.1) is 11.8 Å². The normalized spacial score (nSPS) is 22.2. The van der Waals surface area contributed by atoms with Crippen molar-refractivity contribution in [1.82, 2.24) is 20.0 Å². The third kappa shape index (κ3) is 5.88. The Labute approximate surface area is 141 Å². The smallest absolute Gasteiger partial charge is 0.193 e. The standard InChI is InChI=1S/C18H33N5/c1-5-19-18(20-11-10-17-12-21-23(4)14-17)22(3)13-16-8-6-15(2)7-9-16/h12,14-16H,5-11,13H2,1-4H3,(H,19,20). The molecule has 1 saturated carbocycles. The molecule has 0 radical (unpaired) electrons. The van der Waals surface area contributed by atoms with Crippen LogP contribution in [0.25, 0.3) is 0 Å². The molecule has 0 unspecified atom stereocenters. The molecular formula is C18H33N5. The highest BCUT2D eigenvalue weighted by Gasteiger charge is 2.20. The quantitative estimate of drug-likeness (QED) is 0.648. The minimum atomic E-state index is 0.806. The number of nitrogens with zero attached hydrogens (tertiary/aromatic N) is 4. The molecule has 1 aliphatic rings. The van der Waals surface area contributed by atoms with E-state index in [0.29, 0.717) is 0 Å². The average molecular weight is 319 g/mol.